The molecule has 1 heterocycles. The molecule has 0 atom stereocenters. The minimum absolute atomic E-state index is 0.149. The maximum Gasteiger partial charge on any atom is 0.250 e. The van der Waals surface area contributed by atoms with Crippen LogP contribution < -0.4 is 5.43 Å². The van der Waals surface area contributed by atoms with E-state index in [-0.39, 0.29) is 5.91 Å². The Kier molecular flexibility index (Phi) is 2.24. The first-order valence-electron chi connectivity index (χ1n) is 3.40. The summed E-state index contributed by atoms with van der Waals surface area (Å²) in [6, 6.07) is 0. The van der Waals surface area contributed by atoms with Gasteiger partial charge in [0.05, 0.1) is 13.1 Å². The van der Waals surface area contributed by atoms with Gasteiger partial charge in [0.15, 0.2) is 0 Å². The molecule has 0 aliphatic carbocycles. The standard InChI is InChI=1S/C6H13N3O/c1-7-9-4-3-8(2)5-6(9)10/h7H,3-5H2,1-2H3. The Hall–Kier alpha value is -0.610. The molecule has 0 aromatic heterocycles. The number of piperazine rings is 1. The average molecular weight is 143 g/mol. The highest BCUT2D eigenvalue weighted by molar-refractivity contribution is 5.78. The fraction of sp³-hybridized carbons (Fsp3) is 0.833. The second-order valence-corrected chi connectivity index (χ2v) is 2.51. The zero-order valence-electron chi connectivity index (χ0n) is 6.42. The molecular formula is C6H13N3O. The third-order valence-electron chi connectivity index (χ3n) is 1.68. The summed E-state index contributed by atoms with van der Waals surface area (Å²) in [7, 11) is 3.72. The number of likely N-dealkylation sites (N-methyl/N-ethyl adjacent to an activating group) is 1. The topological polar surface area (TPSA) is 35.6 Å². The van der Waals surface area contributed by atoms with Crippen molar-refractivity contribution in [1.82, 2.24) is 15.3 Å². The highest BCUT2D eigenvalue weighted by Gasteiger charge is 2.19. The van der Waals surface area contributed by atoms with E-state index < -0.39 is 0 Å². The molecule has 0 bridgehead atoms. The highest BCUT2D eigenvalue weighted by Crippen LogP contribution is 1.95. The van der Waals surface area contributed by atoms with Crippen LogP contribution in [0.5, 0.6) is 0 Å². The molecule has 0 saturated carbocycles. The van der Waals surface area contributed by atoms with Crippen molar-refractivity contribution >= 4 is 5.91 Å². The summed E-state index contributed by atoms with van der Waals surface area (Å²) in [5.74, 6) is 0.149. The van der Waals surface area contributed by atoms with Gasteiger partial charge in [-0.3, -0.25) is 14.7 Å². The molecule has 1 rings (SSSR count). The highest BCUT2D eigenvalue weighted by atomic mass is 16.2. The van der Waals surface area contributed by atoms with E-state index in [1.807, 2.05) is 11.9 Å². The number of hydrazine groups is 1. The van der Waals surface area contributed by atoms with Crippen LogP contribution in [0.1, 0.15) is 0 Å². The van der Waals surface area contributed by atoms with Crippen LogP contribution in [-0.2, 0) is 4.79 Å². The zero-order valence-corrected chi connectivity index (χ0v) is 6.42. The van der Waals surface area contributed by atoms with E-state index in [9.17, 15) is 4.79 Å². The van der Waals surface area contributed by atoms with E-state index in [2.05, 4.69) is 5.43 Å². The average Bonchev–Trinajstić information content (AvgIpc) is 1.88. The Morgan fingerprint density at radius 3 is 2.70 bits per heavy atom. The lowest BCUT2D eigenvalue weighted by molar-refractivity contribution is -0.138. The van der Waals surface area contributed by atoms with Gasteiger partial charge in [0.2, 0.25) is 0 Å². The van der Waals surface area contributed by atoms with Gasteiger partial charge in [-0.15, -0.1) is 0 Å². The van der Waals surface area contributed by atoms with Crippen molar-refractivity contribution in [2.75, 3.05) is 33.7 Å². The molecule has 0 unspecified atom stereocenters. The molecule has 1 aliphatic heterocycles. The zero-order chi connectivity index (χ0) is 7.56. The molecule has 4 heteroatoms. The quantitative estimate of drug-likeness (QED) is 0.506. The summed E-state index contributed by atoms with van der Waals surface area (Å²) >= 11 is 0. The summed E-state index contributed by atoms with van der Waals surface area (Å²) in [4.78, 5) is 13.1. The SMILES string of the molecule is CNN1CCN(C)CC1=O. The number of amides is 1. The third kappa shape index (κ3) is 1.46. The number of nitrogens with zero attached hydrogens (tertiary/aromatic N) is 2. The van der Waals surface area contributed by atoms with Gasteiger partial charge in [-0.25, -0.2) is 5.43 Å². The molecule has 1 N–H and O–H groups in total. The Balaban J connectivity index is 2.43. The van der Waals surface area contributed by atoms with Crippen LogP contribution in [0.3, 0.4) is 0 Å². The second-order valence-electron chi connectivity index (χ2n) is 2.51. The van der Waals surface area contributed by atoms with Crippen molar-refractivity contribution in [2.24, 2.45) is 0 Å². The van der Waals surface area contributed by atoms with E-state index >= 15 is 0 Å². The molecule has 0 aromatic carbocycles. The summed E-state index contributed by atoms with van der Waals surface area (Å²) in [5, 5.41) is 1.64. The van der Waals surface area contributed by atoms with Gasteiger partial charge in [-0.1, -0.05) is 0 Å². The summed E-state index contributed by atoms with van der Waals surface area (Å²) in [6.45, 7) is 2.26. The van der Waals surface area contributed by atoms with Gasteiger partial charge >= 0.3 is 0 Å². The maximum atomic E-state index is 11.1. The number of rotatable bonds is 1. The Morgan fingerprint density at radius 1 is 1.50 bits per heavy atom. The second kappa shape index (κ2) is 2.98. The number of nitrogens with one attached hydrogen (secondary N) is 1. The molecule has 58 valence electrons. The van der Waals surface area contributed by atoms with E-state index in [1.54, 1.807) is 12.1 Å². The fourth-order valence-electron chi connectivity index (χ4n) is 1.03. The number of carbonyl (C=O) groups excluding carboxylic acids is 1. The summed E-state index contributed by atoms with van der Waals surface area (Å²) in [5.41, 5.74) is 2.83. The van der Waals surface area contributed by atoms with Crippen LogP contribution >= 0.6 is 0 Å². The van der Waals surface area contributed by atoms with E-state index in [0.29, 0.717) is 6.54 Å². The van der Waals surface area contributed by atoms with Crippen LogP contribution in [0, 0.1) is 0 Å². The minimum atomic E-state index is 0.149. The molecule has 1 amide bonds. The number of carbonyl (C=O) groups is 1. The van der Waals surface area contributed by atoms with Gasteiger partial charge in [0, 0.05) is 13.6 Å². The fourth-order valence-corrected chi connectivity index (χ4v) is 1.03. The predicted octanol–water partition coefficient (Wildman–Crippen LogP) is -1.11. The van der Waals surface area contributed by atoms with Gasteiger partial charge in [0.1, 0.15) is 0 Å². The molecule has 0 spiro atoms. The Labute approximate surface area is 60.8 Å². The number of hydrogen-bond donors (Lipinski definition) is 1. The van der Waals surface area contributed by atoms with Gasteiger partial charge in [-0.05, 0) is 7.05 Å². The Morgan fingerprint density at radius 2 is 2.20 bits per heavy atom. The predicted molar refractivity (Wildman–Crippen MR) is 38.3 cm³/mol. The van der Waals surface area contributed by atoms with Crippen molar-refractivity contribution in [1.29, 1.82) is 0 Å². The Bertz CT molecular complexity index is 137. The summed E-state index contributed by atoms with van der Waals surface area (Å²) in [6.07, 6.45) is 0. The third-order valence-corrected chi connectivity index (χ3v) is 1.68. The molecule has 1 fully saturated rings. The molecule has 4 nitrogen and oxygen atoms in total. The van der Waals surface area contributed by atoms with Crippen LogP contribution in [-0.4, -0.2) is 49.5 Å². The summed E-state index contributed by atoms with van der Waals surface area (Å²) < 4.78 is 0. The van der Waals surface area contributed by atoms with E-state index in [4.69, 9.17) is 0 Å². The van der Waals surface area contributed by atoms with Crippen LogP contribution in [0.4, 0.5) is 0 Å². The monoisotopic (exact) mass is 143 g/mol. The lowest BCUT2D eigenvalue weighted by Gasteiger charge is -2.30. The smallest absolute Gasteiger partial charge is 0.250 e. The van der Waals surface area contributed by atoms with Gasteiger partial charge in [0.25, 0.3) is 5.91 Å². The first-order valence-corrected chi connectivity index (χ1v) is 3.40. The lowest BCUT2D eigenvalue weighted by atomic mass is 10.4. The van der Waals surface area contributed by atoms with Crippen molar-refractivity contribution in [3.63, 3.8) is 0 Å². The lowest BCUT2D eigenvalue weighted by Crippen LogP contribution is -2.53. The molecule has 10 heavy (non-hydrogen) atoms. The molecular weight excluding hydrogens is 130 g/mol. The van der Waals surface area contributed by atoms with E-state index in [0.717, 1.165) is 13.1 Å². The molecule has 0 aromatic rings. The normalized spacial score (nSPS) is 21.8. The van der Waals surface area contributed by atoms with Gasteiger partial charge in [-0.2, -0.15) is 0 Å². The molecule has 1 saturated heterocycles. The first kappa shape index (κ1) is 7.50. The molecule has 0 radical (unpaired) electrons. The van der Waals surface area contributed by atoms with Crippen molar-refractivity contribution in [3.05, 3.63) is 0 Å². The van der Waals surface area contributed by atoms with E-state index in [1.165, 1.54) is 0 Å². The van der Waals surface area contributed by atoms with Crippen molar-refractivity contribution in [3.8, 4) is 0 Å². The minimum Gasteiger partial charge on any atom is -0.296 e. The van der Waals surface area contributed by atoms with Crippen LogP contribution in [0.15, 0.2) is 0 Å². The van der Waals surface area contributed by atoms with Crippen LogP contribution in [0.2, 0.25) is 0 Å². The number of hydrogen-bond acceptors (Lipinski definition) is 3. The molecule has 1 aliphatic rings. The first-order chi connectivity index (χ1) is 4.74. The van der Waals surface area contributed by atoms with Gasteiger partial charge < -0.3 is 0 Å². The maximum absolute atomic E-state index is 11.1. The van der Waals surface area contributed by atoms with Crippen molar-refractivity contribution in [2.45, 2.75) is 0 Å². The largest absolute Gasteiger partial charge is 0.296 e. The van der Waals surface area contributed by atoms with Crippen LogP contribution in [0.25, 0.3) is 0 Å². The van der Waals surface area contributed by atoms with Crippen molar-refractivity contribution < 1.29 is 4.79 Å².